The highest BCUT2D eigenvalue weighted by Crippen LogP contribution is 2.28. The van der Waals surface area contributed by atoms with Gasteiger partial charge in [-0.25, -0.2) is 4.98 Å². The van der Waals surface area contributed by atoms with Crippen molar-refractivity contribution >= 4 is 11.4 Å². The van der Waals surface area contributed by atoms with Crippen molar-refractivity contribution in [2.45, 2.75) is 0 Å². The topological polar surface area (TPSA) is 63.4 Å². The van der Waals surface area contributed by atoms with Gasteiger partial charge in [0.05, 0.1) is 34.2 Å². The molecule has 0 atom stereocenters. The van der Waals surface area contributed by atoms with Gasteiger partial charge in [-0.15, -0.1) is 0 Å². The molecule has 0 amide bonds. The zero-order valence-corrected chi connectivity index (χ0v) is 13.9. The molecule has 0 unspecified atom stereocenters. The minimum atomic E-state index is 0.699. The van der Waals surface area contributed by atoms with E-state index in [0.717, 1.165) is 28.5 Å². The molecule has 0 saturated heterocycles. The molecule has 3 heterocycles. The highest BCUT2D eigenvalue weighted by atomic mass is 15.1. The van der Waals surface area contributed by atoms with E-state index >= 15 is 0 Å². The number of nitrogens with zero attached hydrogens (tertiary/aromatic N) is 5. The van der Waals surface area contributed by atoms with Crippen molar-refractivity contribution in [2.24, 2.45) is 10.2 Å². The van der Waals surface area contributed by atoms with E-state index < -0.39 is 0 Å². The fraction of sp³-hybridized carbons (Fsp3) is 0. The standard InChI is InChI=1S/C21H15N5/c1-2-8-16(9-3-1)25-26-17-14-20(18-10-4-6-12-22-18)24-21(15-17)19-11-5-7-13-23-19/h1-15H. The molecule has 0 aliphatic heterocycles. The summed E-state index contributed by atoms with van der Waals surface area (Å²) in [5.74, 6) is 0. The van der Waals surface area contributed by atoms with Gasteiger partial charge in [0, 0.05) is 12.4 Å². The lowest BCUT2D eigenvalue weighted by Gasteiger charge is -2.06. The predicted octanol–water partition coefficient (Wildman–Crippen LogP) is 5.62. The summed E-state index contributed by atoms with van der Waals surface area (Å²) in [5.41, 5.74) is 4.52. The van der Waals surface area contributed by atoms with Gasteiger partial charge in [0.15, 0.2) is 0 Å². The van der Waals surface area contributed by atoms with Crippen LogP contribution < -0.4 is 0 Å². The summed E-state index contributed by atoms with van der Waals surface area (Å²) in [6.45, 7) is 0. The first kappa shape index (κ1) is 15.8. The molecule has 0 spiro atoms. The second-order valence-corrected chi connectivity index (χ2v) is 5.56. The lowest BCUT2D eigenvalue weighted by molar-refractivity contribution is 1.18. The molecule has 0 radical (unpaired) electrons. The van der Waals surface area contributed by atoms with Crippen LogP contribution in [0.25, 0.3) is 22.8 Å². The first-order chi connectivity index (χ1) is 12.9. The number of hydrogen-bond donors (Lipinski definition) is 0. The molecule has 124 valence electrons. The molecule has 0 saturated carbocycles. The van der Waals surface area contributed by atoms with Crippen molar-refractivity contribution in [2.75, 3.05) is 0 Å². The van der Waals surface area contributed by atoms with Crippen molar-refractivity contribution in [1.29, 1.82) is 0 Å². The van der Waals surface area contributed by atoms with Gasteiger partial charge in [0.2, 0.25) is 0 Å². The molecule has 5 heteroatoms. The van der Waals surface area contributed by atoms with E-state index in [1.807, 2.05) is 78.9 Å². The summed E-state index contributed by atoms with van der Waals surface area (Å²) in [5, 5.41) is 8.68. The summed E-state index contributed by atoms with van der Waals surface area (Å²) in [4.78, 5) is 13.5. The Morgan fingerprint density at radius 1 is 0.500 bits per heavy atom. The Kier molecular flexibility index (Phi) is 4.52. The molecule has 0 N–H and O–H groups in total. The maximum atomic E-state index is 4.70. The van der Waals surface area contributed by atoms with Crippen molar-refractivity contribution in [3.63, 3.8) is 0 Å². The third kappa shape index (κ3) is 3.67. The quantitative estimate of drug-likeness (QED) is 0.454. The highest BCUT2D eigenvalue weighted by Gasteiger charge is 2.08. The lowest BCUT2D eigenvalue weighted by Crippen LogP contribution is -1.91. The van der Waals surface area contributed by atoms with Crippen LogP contribution in [0, 0.1) is 0 Å². The summed E-state index contributed by atoms with van der Waals surface area (Å²) in [6, 6.07) is 24.8. The van der Waals surface area contributed by atoms with Crippen molar-refractivity contribution < 1.29 is 0 Å². The fourth-order valence-electron chi connectivity index (χ4n) is 2.47. The summed E-state index contributed by atoms with van der Waals surface area (Å²) in [6.07, 6.45) is 3.49. The van der Waals surface area contributed by atoms with E-state index in [1.54, 1.807) is 12.4 Å². The minimum absolute atomic E-state index is 0.699. The normalized spacial score (nSPS) is 10.9. The van der Waals surface area contributed by atoms with Crippen LogP contribution in [0.3, 0.4) is 0 Å². The molecule has 0 bridgehead atoms. The number of hydrogen-bond acceptors (Lipinski definition) is 5. The zero-order chi connectivity index (χ0) is 17.6. The smallest absolute Gasteiger partial charge is 0.0916 e. The van der Waals surface area contributed by atoms with Gasteiger partial charge < -0.3 is 0 Å². The molecule has 4 rings (SSSR count). The maximum Gasteiger partial charge on any atom is 0.0916 e. The Bertz CT molecular complexity index is 958. The molecular formula is C21H15N5. The van der Waals surface area contributed by atoms with Crippen LogP contribution in [0.5, 0.6) is 0 Å². The lowest BCUT2D eigenvalue weighted by atomic mass is 10.1. The van der Waals surface area contributed by atoms with Crippen LogP contribution in [-0.2, 0) is 0 Å². The average molecular weight is 337 g/mol. The van der Waals surface area contributed by atoms with Crippen LogP contribution in [0.2, 0.25) is 0 Å². The van der Waals surface area contributed by atoms with Crippen LogP contribution >= 0.6 is 0 Å². The SMILES string of the molecule is c1ccc(N=Nc2cc(-c3ccccn3)nc(-c3ccccn3)c2)cc1. The van der Waals surface area contributed by atoms with Crippen LogP contribution in [0.4, 0.5) is 11.4 Å². The molecule has 0 aliphatic carbocycles. The third-order valence-corrected chi connectivity index (χ3v) is 3.70. The van der Waals surface area contributed by atoms with Crippen molar-refractivity contribution in [3.8, 4) is 22.8 Å². The number of azo groups is 1. The zero-order valence-electron chi connectivity index (χ0n) is 13.9. The molecule has 1 aromatic carbocycles. The van der Waals surface area contributed by atoms with E-state index in [4.69, 9.17) is 4.98 Å². The van der Waals surface area contributed by atoms with Crippen LogP contribution in [0.1, 0.15) is 0 Å². The van der Waals surface area contributed by atoms with Gasteiger partial charge in [-0.3, -0.25) is 9.97 Å². The Morgan fingerprint density at radius 3 is 1.58 bits per heavy atom. The van der Waals surface area contributed by atoms with Gasteiger partial charge in [-0.1, -0.05) is 30.3 Å². The van der Waals surface area contributed by atoms with Gasteiger partial charge in [-0.2, -0.15) is 10.2 Å². The molecule has 4 aromatic rings. The first-order valence-electron chi connectivity index (χ1n) is 8.20. The fourth-order valence-corrected chi connectivity index (χ4v) is 2.47. The molecule has 0 aliphatic rings. The maximum absolute atomic E-state index is 4.70. The van der Waals surface area contributed by atoms with E-state index in [-0.39, 0.29) is 0 Å². The number of benzene rings is 1. The Balaban J connectivity index is 1.79. The third-order valence-electron chi connectivity index (χ3n) is 3.70. The van der Waals surface area contributed by atoms with Gasteiger partial charge in [-0.05, 0) is 48.5 Å². The average Bonchev–Trinajstić information content (AvgIpc) is 2.74. The molecule has 0 fully saturated rings. The van der Waals surface area contributed by atoms with E-state index in [2.05, 4.69) is 20.2 Å². The second kappa shape index (κ2) is 7.44. The van der Waals surface area contributed by atoms with E-state index in [0.29, 0.717) is 5.69 Å². The first-order valence-corrected chi connectivity index (χ1v) is 8.20. The number of pyridine rings is 3. The van der Waals surface area contributed by atoms with Gasteiger partial charge in [0.25, 0.3) is 0 Å². The van der Waals surface area contributed by atoms with Crippen LogP contribution in [0.15, 0.2) is 101 Å². The number of rotatable bonds is 4. The monoisotopic (exact) mass is 337 g/mol. The van der Waals surface area contributed by atoms with Gasteiger partial charge >= 0.3 is 0 Å². The number of aromatic nitrogens is 3. The van der Waals surface area contributed by atoms with Gasteiger partial charge in [0.1, 0.15) is 0 Å². The second-order valence-electron chi connectivity index (χ2n) is 5.56. The van der Waals surface area contributed by atoms with Crippen LogP contribution in [-0.4, -0.2) is 15.0 Å². The Labute approximate surface area is 151 Å². The van der Waals surface area contributed by atoms with E-state index in [1.165, 1.54) is 0 Å². The molecule has 26 heavy (non-hydrogen) atoms. The Morgan fingerprint density at radius 2 is 1.04 bits per heavy atom. The summed E-state index contributed by atoms with van der Waals surface area (Å²) < 4.78 is 0. The summed E-state index contributed by atoms with van der Waals surface area (Å²) in [7, 11) is 0. The minimum Gasteiger partial charge on any atom is -0.255 e. The largest absolute Gasteiger partial charge is 0.255 e. The predicted molar refractivity (Wildman–Crippen MR) is 101 cm³/mol. The summed E-state index contributed by atoms with van der Waals surface area (Å²) >= 11 is 0. The molecule has 5 nitrogen and oxygen atoms in total. The molecular weight excluding hydrogens is 322 g/mol. The van der Waals surface area contributed by atoms with Crippen molar-refractivity contribution in [3.05, 3.63) is 91.3 Å². The molecule has 3 aromatic heterocycles. The van der Waals surface area contributed by atoms with Crippen molar-refractivity contribution in [1.82, 2.24) is 15.0 Å². The van der Waals surface area contributed by atoms with E-state index in [9.17, 15) is 0 Å². The Hall–Kier alpha value is -3.73. The highest BCUT2D eigenvalue weighted by molar-refractivity contribution is 5.67.